The number of carbonyl (C=O) groups is 1. The average molecular weight is 305 g/mol. The van der Waals surface area contributed by atoms with Gasteiger partial charge in [-0.1, -0.05) is 12.1 Å². The maximum Gasteiger partial charge on any atom is 0.223 e. The number of methoxy groups -OCH3 is 1. The minimum absolute atomic E-state index is 0.0160. The van der Waals surface area contributed by atoms with E-state index in [2.05, 4.69) is 11.4 Å². The number of carbonyl (C=O) groups excluding carboxylic acids is 1. The first-order valence-electron chi connectivity index (χ1n) is 6.76. The van der Waals surface area contributed by atoms with Crippen LogP contribution in [0.15, 0.2) is 35.7 Å². The van der Waals surface area contributed by atoms with E-state index in [0.29, 0.717) is 31.1 Å². The van der Waals surface area contributed by atoms with Gasteiger partial charge in [0.2, 0.25) is 5.91 Å². The van der Waals surface area contributed by atoms with Gasteiger partial charge in [-0.2, -0.15) is 0 Å². The van der Waals surface area contributed by atoms with Crippen molar-refractivity contribution in [2.45, 2.75) is 19.9 Å². The highest BCUT2D eigenvalue weighted by Crippen LogP contribution is 2.25. The van der Waals surface area contributed by atoms with Gasteiger partial charge in [-0.3, -0.25) is 4.79 Å². The van der Waals surface area contributed by atoms with Gasteiger partial charge in [-0.05, 0) is 36.1 Å². The Morgan fingerprint density at radius 1 is 1.24 bits per heavy atom. The van der Waals surface area contributed by atoms with Gasteiger partial charge in [0.15, 0.2) is 11.5 Å². The van der Waals surface area contributed by atoms with Crippen molar-refractivity contribution < 1.29 is 14.3 Å². The molecule has 0 aliphatic carbocycles. The van der Waals surface area contributed by atoms with Crippen LogP contribution < -0.4 is 14.8 Å². The molecule has 112 valence electrons. The normalized spacial score (nSPS) is 10.2. The Morgan fingerprint density at radius 2 is 2.00 bits per heavy atom. The highest BCUT2D eigenvalue weighted by molar-refractivity contribution is 7.10. The van der Waals surface area contributed by atoms with E-state index in [1.165, 1.54) is 10.4 Å². The molecule has 1 aromatic heterocycles. The number of rotatable bonds is 7. The zero-order chi connectivity index (χ0) is 15.1. The smallest absolute Gasteiger partial charge is 0.223 e. The van der Waals surface area contributed by atoms with E-state index in [0.717, 1.165) is 0 Å². The molecule has 0 fully saturated rings. The molecule has 0 atom stereocenters. The summed E-state index contributed by atoms with van der Waals surface area (Å²) in [6.45, 7) is 2.95. The lowest BCUT2D eigenvalue weighted by Crippen LogP contribution is -2.24. The summed E-state index contributed by atoms with van der Waals surface area (Å²) in [5.41, 5.74) is 1.21. The number of thiophene rings is 1. The van der Waals surface area contributed by atoms with Crippen molar-refractivity contribution in [1.82, 2.24) is 5.32 Å². The number of ether oxygens (including phenoxy) is 2. The predicted molar refractivity (Wildman–Crippen MR) is 84.0 cm³/mol. The molecular formula is C16H19NO3S. The largest absolute Gasteiger partial charge is 0.493 e. The van der Waals surface area contributed by atoms with Gasteiger partial charge in [-0.15, -0.1) is 11.3 Å². The van der Waals surface area contributed by atoms with Gasteiger partial charge in [0.1, 0.15) is 0 Å². The zero-order valence-electron chi connectivity index (χ0n) is 12.2. The molecule has 5 heteroatoms. The summed E-state index contributed by atoms with van der Waals surface area (Å²) in [7, 11) is 1.60. The molecule has 1 amide bonds. The summed E-state index contributed by atoms with van der Waals surface area (Å²) in [6.07, 6.45) is 0.322. The van der Waals surface area contributed by atoms with Crippen LogP contribution in [0.25, 0.3) is 0 Å². The maximum atomic E-state index is 11.8. The number of amides is 1. The second-order valence-electron chi connectivity index (χ2n) is 4.55. The van der Waals surface area contributed by atoms with E-state index >= 15 is 0 Å². The molecule has 0 aliphatic rings. The third kappa shape index (κ3) is 4.49. The molecule has 0 spiro atoms. The van der Waals surface area contributed by atoms with Gasteiger partial charge < -0.3 is 14.8 Å². The van der Waals surface area contributed by atoms with Gasteiger partial charge in [0.05, 0.1) is 26.7 Å². The van der Waals surface area contributed by atoms with Crippen LogP contribution in [0.2, 0.25) is 0 Å². The van der Waals surface area contributed by atoms with Crippen LogP contribution in [0.1, 0.15) is 16.9 Å². The Labute approximate surface area is 128 Å². The number of aryl methyl sites for hydroxylation is 1. The molecule has 1 aromatic carbocycles. The summed E-state index contributed by atoms with van der Waals surface area (Å²) < 4.78 is 10.8. The van der Waals surface area contributed by atoms with E-state index < -0.39 is 0 Å². The van der Waals surface area contributed by atoms with E-state index in [4.69, 9.17) is 9.47 Å². The number of benzene rings is 1. The number of hydrogen-bond acceptors (Lipinski definition) is 4. The van der Waals surface area contributed by atoms with Gasteiger partial charge in [0.25, 0.3) is 0 Å². The molecular weight excluding hydrogens is 286 g/mol. The molecule has 2 rings (SSSR count). The Balaban J connectivity index is 1.73. The van der Waals surface area contributed by atoms with E-state index in [1.54, 1.807) is 18.4 Å². The Bertz CT molecular complexity index is 595. The van der Waals surface area contributed by atoms with Crippen molar-refractivity contribution in [1.29, 1.82) is 0 Å². The highest BCUT2D eigenvalue weighted by atomic mass is 32.1. The van der Waals surface area contributed by atoms with Crippen LogP contribution >= 0.6 is 11.3 Å². The van der Waals surface area contributed by atoms with Crippen molar-refractivity contribution in [3.63, 3.8) is 0 Å². The lowest BCUT2D eigenvalue weighted by molar-refractivity contribution is -0.121. The summed E-state index contributed by atoms with van der Waals surface area (Å²) in [6, 6.07) is 9.46. The van der Waals surface area contributed by atoms with Gasteiger partial charge in [0, 0.05) is 4.88 Å². The molecule has 0 unspecified atom stereocenters. The molecule has 0 aliphatic heterocycles. The lowest BCUT2D eigenvalue weighted by atomic mass is 10.3. The van der Waals surface area contributed by atoms with Crippen LogP contribution in [-0.2, 0) is 11.3 Å². The van der Waals surface area contributed by atoms with Crippen LogP contribution in [0.4, 0.5) is 0 Å². The summed E-state index contributed by atoms with van der Waals surface area (Å²) in [4.78, 5) is 13.0. The fourth-order valence-corrected chi connectivity index (χ4v) is 2.69. The van der Waals surface area contributed by atoms with Crippen LogP contribution in [0, 0.1) is 6.92 Å². The number of para-hydroxylation sites is 2. The van der Waals surface area contributed by atoms with Crippen molar-refractivity contribution in [2.75, 3.05) is 13.7 Å². The Kier molecular flexibility index (Phi) is 5.63. The number of hydrogen-bond donors (Lipinski definition) is 1. The molecule has 1 N–H and O–H groups in total. The van der Waals surface area contributed by atoms with Crippen molar-refractivity contribution >= 4 is 17.2 Å². The molecule has 0 bridgehead atoms. The summed E-state index contributed by atoms with van der Waals surface area (Å²) >= 11 is 1.65. The number of nitrogens with one attached hydrogen (secondary N) is 1. The third-order valence-electron chi connectivity index (χ3n) is 3.07. The van der Waals surface area contributed by atoms with Crippen LogP contribution in [0.5, 0.6) is 11.5 Å². The third-order valence-corrected chi connectivity index (χ3v) is 4.09. The standard InChI is InChI=1S/C16H19NO3S/c1-12-8-10-21-15(12)11-17-16(18)7-9-20-14-6-4-3-5-13(14)19-2/h3-6,8,10H,7,9,11H2,1-2H3,(H,17,18). The minimum atomic E-state index is -0.0160. The predicted octanol–water partition coefficient (Wildman–Crippen LogP) is 3.15. The average Bonchev–Trinajstić information content (AvgIpc) is 2.91. The van der Waals surface area contributed by atoms with Gasteiger partial charge in [-0.25, -0.2) is 0 Å². The zero-order valence-corrected chi connectivity index (χ0v) is 13.0. The molecule has 21 heavy (non-hydrogen) atoms. The van der Waals surface area contributed by atoms with Crippen molar-refractivity contribution in [3.8, 4) is 11.5 Å². The molecule has 2 aromatic rings. The quantitative estimate of drug-likeness (QED) is 0.855. The van der Waals surface area contributed by atoms with E-state index in [9.17, 15) is 4.79 Å². The maximum absolute atomic E-state index is 11.8. The van der Waals surface area contributed by atoms with Crippen molar-refractivity contribution in [2.24, 2.45) is 0 Å². The van der Waals surface area contributed by atoms with Crippen molar-refractivity contribution in [3.05, 3.63) is 46.2 Å². The SMILES string of the molecule is COc1ccccc1OCCC(=O)NCc1sccc1C. The fraction of sp³-hybridized carbons (Fsp3) is 0.312. The van der Waals surface area contributed by atoms with Crippen LogP contribution in [-0.4, -0.2) is 19.6 Å². The molecule has 0 saturated carbocycles. The minimum Gasteiger partial charge on any atom is -0.493 e. The topological polar surface area (TPSA) is 47.6 Å². The first-order chi connectivity index (χ1) is 10.2. The molecule has 0 saturated heterocycles. The van der Waals surface area contributed by atoms with E-state index in [1.807, 2.05) is 36.6 Å². The lowest BCUT2D eigenvalue weighted by Gasteiger charge is -2.10. The van der Waals surface area contributed by atoms with Crippen LogP contribution in [0.3, 0.4) is 0 Å². The molecule has 4 nitrogen and oxygen atoms in total. The Hall–Kier alpha value is -2.01. The molecule has 1 heterocycles. The Morgan fingerprint density at radius 3 is 2.67 bits per heavy atom. The first kappa shape index (κ1) is 15.4. The molecule has 0 radical (unpaired) electrons. The first-order valence-corrected chi connectivity index (χ1v) is 7.64. The second kappa shape index (κ2) is 7.69. The van der Waals surface area contributed by atoms with Gasteiger partial charge >= 0.3 is 0 Å². The summed E-state index contributed by atoms with van der Waals surface area (Å²) in [5, 5.41) is 4.93. The summed E-state index contributed by atoms with van der Waals surface area (Å²) in [5.74, 6) is 1.31. The highest BCUT2D eigenvalue weighted by Gasteiger charge is 2.06. The monoisotopic (exact) mass is 305 g/mol. The second-order valence-corrected chi connectivity index (χ2v) is 5.55. The van der Waals surface area contributed by atoms with E-state index in [-0.39, 0.29) is 5.91 Å². The fourth-order valence-electron chi connectivity index (χ4n) is 1.84.